The maximum absolute atomic E-state index is 10.2. The summed E-state index contributed by atoms with van der Waals surface area (Å²) in [5, 5.41) is 26.2. The van der Waals surface area contributed by atoms with Crippen molar-refractivity contribution >= 4 is 27.6 Å². The molecule has 4 rings (SSSR count). The first kappa shape index (κ1) is 18.7. The molecular weight excluding hydrogens is 368 g/mol. The van der Waals surface area contributed by atoms with Crippen molar-refractivity contribution in [1.29, 1.82) is 5.26 Å². The lowest BCUT2D eigenvalue weighted by molar-refractivity contribution is 0.0590. The van der Waals surface area contributed by atoms with Gasteiger partial charge in [0.25, 0.3) is 0 Å². The minimum atomic E-state index is -0.959. The fourth-order valence-corrected chi connectivity index (χ4v) is 3.29. The van der Waals surface area contributed by atoms with Gasteiger partial charge in [0.2, 0.25) is 0 Å². The van der Waals surface area contributed by atoms with E-state index in [0.29, 0.717) is 28.3 Å². The van der Waals surface area contributed by atoms with E-state index in [1.165, 1.54) is 6.33 Å². The van der Waals surface area contributed by atoms with E-state index in [1.807, 2.05) is 42.5 Å². The van der Waals surface area contributed by atoms with E-state index in [-0.39, 0.29) is 13.2 Å². The Morgan fingerprint density at radius 1 is 1.17 bits per heavy atom. The zero-order valence-corrected chi connectivity index (χ0v) is 16.1. The molecule has 29 heavy (non-hydrogen) atoms. The molecule has 3 N–H and O–H groups in total. The standard InChI is InChI=1S/C21H20N6O2/c1-21(2,28)11-27-20-17(19(23)24-12-25-20)18(26-27)15-4-3-14-10-16(29-8-7-22)6-5-13(14)9-15/h3-6,9-10,12,28H,8,11H2,1-2H3,(H2,23,24,25). The van der Waals surface area contributed by atoms with Gasteiger partial charge in [-0.2, -0.15) is 10.4 Å². The van der Waals surface area contributed by atoms with Gasteiger partial charge in [-0.3, -0.25) is 0 Å². The van der Waals surface area contributed by atoms with Gasteiger partial charge in [0, 0.05) is 5.56 Å². The number of aliphatic hydroxyl groups is 1. The fourth-order valence-electron chi connectivity index (χ4n) is 3.29. The molecule has 0 bridgehead atoms. The maximum atomic E-state index is 10.2. The van der Waals surface area contributed by atoms with Crippen molar-refractivity contribution in [1.82, 2.24) is 19.7 Å². The number of hydrogen-bond acceptors (Lipinski definition) is 7. The van der Waals surface area contributed by atoms with Gasteiger partial charge in [0.05, 0.1) is 17.5 Å². The fraction of sp³-hybridized carbons (Fsp3) is 0.238. The molecule has 0 fully saturated rings. The van der Waals surface area contributed by atoms with Crippen LogP contribution in [-0.4, -0.2) is 37.1 Å². The van der Waals surface area contributed by atoms with Gasteiger partial charge in [-0.15, -0.1) is 0 Å². The van der Waals surface area contributed by atoms with Crippen LogP contribution in [0, 0.1) is 11.3 Å². The molecule has 0 radical (unpaired) electrons. The lowest BCUT2D eigenvalue weighted by Crippen LogP contribution is -2.26. The molecule has 0 saturated heterocycles. The van der Waals surface area contributed by atoms with Crippen molar-refractivity contribution in [2.24, 2.45) is 0 Å². The smallest absolute Gasteiger partial charge is 0.174 e. The van der Waals surface area contributed by atoms with Crippen LogP contribution in [0.5, 0.6) is 5.75 Å². The molecule has 8 heteroatoms. The highest BCUT2D eigenvalue weighted by Crippen LogP contribution is 2.33. The second kappa shape index (κ2) is 7.04. The highest BCUT2D eigenvalue weighted by Gasteiger charge is 2.21. The summed E-state index contributed by atoms with van der Waals surface area (Å²) in [6, 6.07) is 13.5. The number of nitrogens with zero attached hydrogens (tertiary/aromatic N) is 5. The van der Waals surface area contributed by atoms with Gasteiger partial charge >= 0.3 is 0 Å². The monoisotopic (exact) mass is 388 g/mol. The zero-order valence-electron chi connectivity index (χ0n) is 16.1. The van der Waals surface area contributed by atoms with Crippen LogP contribution in [-0.2, 0) is 6.54 Å². The third-order valence-corrected chi connectivity index (χ3v) is 4.48. The summed E-state index contributed by atoms with van der Waals surface area (Å²) >= 11 is 0. The van der Waals surface area contributed by atoms with E-state index in [0.717, 1.165) is 16.3 Å². The Kier molecular flexibility index (Phi) is 4.53. The molecule has 0 atom stereocenters. The van der Waals surface area contributed by atoms with Gasteiger partial charge < -0.3 is 15.6 Å². The number of rotatable bonds is 5. The number of benzene rings is 2. The molecule has 0 aliphatic heterocycles. The molecule has 0 amide bonds. The number of aromatic nitrogens is 4. The predicted molar refractivity (Wildman–Crippen MR) is 110 cm³/mol. The Bertz CT molecular complexity index is 1250. The summed E-state index contributed by atoms with van der Waals surface area (Å²) in [6.45, 7) is 3.71. The zero-order chi connectivity index (χ0) is 20.6. The second-order valence-electron chi connectivity index (χ2n) is 7.45. The van der Waals surface area contributed by atoms with Gasteiger partial charge in [0.15, 0.2) is 12.3 Å². The van der Waals surface area contributed by atoms with E-state index in [9.17, 15) is 5.11 Å². The molecule has 4 aromatic rings. The summed E-state index contributed by atoms with van der Waals surface area (Å²) in [7, 11) is 0. The number of fused-ring (bicyclic) bond motifs is 2. The van der Waals surface area contributed by atoms with E-state index < -0.39 is 5.60 Å². The quantitative estimate of drug-likeness (QED) is 0.539. The van der Waals surface area contributed by atoms with E-state index in [2.05, 4.69) is 15.1 Å². The largest absolute Gasteiger partial charge is 0.479 e. The van der Waals surface area contributed by atoms with Crippen molar-refractivity contribution < 1.29 is 9.84 Å². The van der Waals surface area contributed by atoms with E-state index in [4.69, 9.17) is 15.7 Å². The average molecular weight is 388 g/mol. The van der Waals surface area contributed by atoms with Crippen molar-refractivity contribution in [3.05, 3.63) is 42.7 Å². The minimum absolute atomic E-state index is 0.00744. The number of nitrogens with two attached hydrogens (primary N) is 1. The first-order valence-electron chi connectivity index (χ1n) is 9.09. The summed E-state index contributed by atoms with van der Waals surface area (Å²) < 4.78 is 7.03. The number of nitriles is 1. The summed E-state index contributed by atoms with van der Waals surface area (Å²) in [6.07, 6.45) is 1.40. The van der Waals surface area contributed by atoms with Crippen molar-refractivity contribution in [2.45, 2.75) is 26.0 Å². The molecule has 8 nitrogen and oxygen atoms in total. The highest BCUT2D eigenvalue weighted by molar-refractivity contribution is 6.00. The summed E-state index contributed by atoms with van der Waals surface area (Å²) in [5.41, 5.74) is 7.29. The minimum Gasteiger partial charge on any atom is -0.479 e. The molecule has 2 heterocycles. The maximum Gasteiger partial charge on any atom is 0.174 e. The number of anilines is 1. The molecular formula is C21H20N6O2. The van der Waals surface area contributed by atoms with Gasteiger partial charge in [0.1, 0.15) is 29.7 Å². The molecule has 2 aromatic carbocycles. The Morgan fingerprint density at radius 2 is 1.93 bits per heavy atom. The van der Waals surface area contributed by atoms with Gasteiger partial charge in [-0.25, -0.2) is 14.6 Å². The Labute approximate surface area is 167 Å². The van der Waals surface area contributed by atoms with Crippen molar-refractivity contribution in [3.8, 4) is 23.1 Å². The summed E-state index contributed by atoms with van der Waals surface area (Å²) in [4.78, 5) is 8.44. The van der Waals surface area contributed by atoms with E-state index >= 15 is 0 Å². The molecule has 0 aliphatic carbocycles. The van der Waals surface area contributed by atoms with Crippen LogP contribution in [0.1, 0.15) is 13.8 Å². The second-order valence-corrected chi connectivity index (χ2v) is 7.45. The van der Waals surface area contributed by atoms with E-state index in [1.54, 1.807) is 18.5 Å². The molecule has 2 aromatic heterocycles. The third kappa shape index (κ3) is 3.68. The lowest BCUT2D eigenvalue weighted by atomic mass is 10.0. The lowest BCUT2D eigenvalue weighted by Gasteiger charge is -2.16. The van der Waals surface area contributed by atoms with Gasteiger partial charge in [-0.1, -0.05) is 18.2 Å². The van der Waals surface area contributed by atoms with Crippen molar-refractivity contribution in [2.75, 3.05) is 12.3 Å². The SMILES string of the molecule is CC(C)(O)Cn1nc(-c2ccc3cc(OCC#N)ccc3c2)c2c(N)ncnc21. The van der Waals surface area contributed by atoms with Crippen LogP contribution < -0.4 is 10.5 Å². The van der Waals surface area contributed by atoms with Crippen LogP contribution in [0.4, 0.5) is 5.82 Å². The highest BCUT2D eigenvalue weighted by atomic mass is 16.5. The Balaban J connectivity index is 1.83. The van der Waals surface area contributed by atoms with Gasteiger partial charge in [-0.05, 0) is 42.8 Å². The number of nitrogen functional groups attached to an aromatic ring is 1. The Morgan fingerprint density at radius 3 is 2.69 bits per heavy atom. The van der Waals surface area contributed by atoms with Crippen LogP contribution in [0.3, 0.4) is 0 Å². The topological polar surface area (TPSA) is 123 Å². The summed E-state index contributed by atoms with van der Waals surface area (Å²) in [5.74, 6) is 0.983. The average Bonchev–Trinajstić information content (AvgIpc) is 3.04. The van der Waals surface area contributed by atoms with Crippen molar-refractivity contribution in [3.63, 3.8) is 0 Å². The van der Waals surface area contributed by atoms with Crippen LogP contribution in [0.15, 0.2) is 42.7 Å². The number of ether oxygens (including phenoxy) is 1. The molecule has 0 saturated carbocycles. The molecule has 0 aliphatic rings. The number of hydrogen-bond donors (Lipinski definition) is 2. The van der Waals surface area contributed by atoms with Crippen LogP contribution in [0.2, 0.25) is 0 Å². The van der Waals surface area contributed by atoms with Crippen LogP contribution >= 0.6 is 0 Å². The third-order valence-electron chi connectivity index (χ3n) is 4.48. The Hall–Kier alpha value is -3.70. The first-order chi connectivity index (χ1) is 13.9. The molecule has 0 spiro atoms. The molecule has 146 valence electrons. The first-order valence-corrected chi connectivity index (χ1v) is 9.09. The molecule has 0 unspecified atom stereocenters. The van der Waals surface area contributed by atoms with Crippen LogP contribution in [0.25, 0.3) is 33.1 Å². The normalized spacial score (nSPS) is 11.7. The predicted octanol–water partition coefficient (Wildman–Crippen LogP) is 2.90.